The van der Waals surface area contributed by atoms with Crippen molar-refractivity contribution in [1.82, 2.24) is 25.1 Å². The van der Waals surface area contributed by atoms with Crippen LogP contribution in [-0.4, -0.2) is 43.5 Å². The van der Waals surface area contributed by atoms with Crippen LogP contribution in [0.15, 0.2) is 42.7 Å². The van der Waals surface area contributed by atoms with Gasteiger partial charge in [0.15, 0.2) is 0 Å². The first-order valence-electron chi connectivity index (χ1n) is 9.96. The zero-order valence-corrected chi connectivity index (χ0v) is 18.1. The lowest BCUT2D eigenvalue weighted by atomic mass is 9.96. The number of rotatable bonds is 2. The van der Waals surface area contributed by atoms with E-state index in [4.69, 9.17) is 26.6 Å². The van der Waals surface area contributed by atoms with Crippen molar-refractivity contribution in [3.63, 3.8) is 0 Å². The summed E-state index contributed by atoms with van der Waals surface area (Å²) in [7, 11) is 0. The smallest absolute Gasteiger partial charge is 0.475 e. The number of aryl methyl sites for hydroxylation is 1. The van der Waals surface area contributed by atoms with Gasteiger partial charge in [-0.1, -0.05) is 23.7 Å². The number of carbonyl (C=O) groups is 1. The van der Waals surface area contributed by atoms with Crippen LogP contribution in [0.5, 0.6) is 0 Å². The van der Waals surface area contributed by atoms with Crippen molar-refractivity contribution in [1.29, 1.82) is 0 Å². The predicted octanol–water partition coefficient (Wildman–Crippen LogP) is 4.79. The molecule has 4 aromatic rings. The summed E-state index contributed by atoms with van der Waals surface area (Å²) in [6.07, 6.45) is -1.22. The molecule has 0 aliphatic carbocycles. The first-order chi connectivity index (χ1) is 15.7. The van der Waals surface area contributed by atoms with E-state index in [1.54, 1.807) is 0 Å². The monoisotopic (exact) mass is 477 g/mol. The number of carboxylic acid groups (broad SMARTS) is 1. The molecule has 3 N–H and O–H groups in total. The molecule has 11 heteroatoms. The van der Waals surface area contributed by atoms with Crippen LogP contribution < -0.4 is 5.32 Å². The molecule has 0 saturated carbocycles. The molecule has 3 aromatic heterocycles. The number of aromatic nitrogens is 4. The molecule has 1 aliphatic heterocycles. The molecule has 1 aromatic carbocycles. The number of pyridine rings is 1. The fourth-order valence-corrected chi connectivity index (χ4v) is 3.99. The van der Waals surface area contributed by atoms with E-state index in [1.807, 2.05) is 30.6 Å². The fraction of sp³-hybridized carbons (Fsp3) is 0.227. The summed E-state index contributed by atoms with van der Waals surface area (Å²) in [6, 6.07) is 10.0. The van der Waals surface area contributed by atoms with Crippen LogP contribution in [0.25, 0.3) is 33.4 Å². The van der Waals surface area contributed by atoms with Gasteiger partial charge in [0.2, 0.25) is 0 Å². The Hall–Kier alpha value is -3.37. The third-order valence-corrected chi connectivity index (χ3v) is 5.47. The van der Waals surface area contributed by atoms with Crippen LogP contribution in [0.3, 0.4) is 0 Å². The number of nitrogens with zero attached hydrogens (tertiary/aromatic N) is 3. The number of nitrogens with one attached hydrogen (secondary N) is 2. The minimum atomic E-state index is -5.08. The molecule has 0 unspecified atom stereocenters. The van der Waals surface area contributed by atoms with Gasteiger partial charge in [0, 0.05) is 47.0 Å². The molecule has 1 aliphatic rings. The highest BCUT2D eigenvalue weighted by Crippen LogP contribution is 2.39. The van der Waals surface area contributed by atoms with Gasteiger partial charge in [0.25, 0.3) is 0 Å². The molecule has 33 heavy (non-hydrogen) atoms. The first kappa shape index (κ1) is 22.8. The number of aromatic amines is 1. The first-order valence-corrected chi connectivity index (χ1v) is 10.3. The third-order valence-electron chi connectivity index (χ3n) is 5.23. The Bertz CT molecular complexity index is 1330. The number of benzene rings is 1. The molecule has 0 atom stereocenters. The van der Waals surface area contributed by atoms with E-state index in [2.05, 4.69) is 39.0 Å². The minimum absolute atomic E-state index is 0.718. The Labute approximate surface area is 191 Å². The van der Waals surface area contributed by atoms with Crippen molar-refractivity contribution in [2.45, 2.75) is 26.2 Å². The highest BCUT2D eigenvalue weighted by atomic mass is 35.5. The zero-order valence-electron chi connectivity index (χ0n) is 17.4. The van der Waals surface area contributed by atoms with Gasteiger partial charge in [0.1, 0.15) is 11.3 Å². The highest BCUT2D eigenvalue weighted by Gasteiger charge is 2.38. The quantitative estimate of drug-likeness (QED) is 0.386. The van der Waals surface area contributed by atoms with E-state index >= 15 is 0 Å². The van der Waals surface area contributed by atoms with Crippen LogP contribution in [0.4, 0.5) is 13.2 Å². The van der Waals surface area contributed by atoms with Gasteiger partial charge in [-0.25, -0.2) is 9.78 Å². The predicted molar refractivity (Wildman–Crippen MR) is 118 cm³/mol. The number of fused-ring (bicyclic) bond motifs is 2. The molecule has 0 saturated heterocycles. The lowest BCUT2D eigenvalue weighted by Crippen LogP contribution is -2.28. The van der Waals surface area contributed by atoms with Gasteiger partial charge < -0.3 is 15.4 Å². The Morgan fingerprint density at radius 1 is 1.27 bits per heavy atom. The number of carboxylic acids is 1. The molecule has 0 radical (unpaired) electrons. The van der Waals surface area contributed by atoms with Gasteiger partial charge >= 0.3 is 12.1 Å². The van der Waals surface area contributed by atoms with Crippen molar-refractivity contribution in [2.75, 3.05) is 6.54 Å². The van der Waals surface area contributed by atoms with E-state index < -0.39 is 12.1 Å². The van der Waals surface area contributed by atoms with Crippen LogP contribution in [-0.2, 0) is 17.9 Å². The molecule has 0 amide bonds. The van der Waals surface area contributed by atoms with Gasteiger partial charge in [-0.05, 0) is 36.2 Å². The SMILES string of the molecule is Cc1c[nH]c2nccc(-c3c(-c4cccc(Cl)c4)nn4c3CNCC4)c12.O=C(O)C(F)(F)F. The van der Waals surface area contributed by atoms with Crippen LogP contribution in [0, 0.1) is 6.92 Å². The molecule has 0 fully saturated rings. The van der Waals surface area contributed by atoms with E-state index in [0.717, 1.165) is 58.1 Å². The Balaban J connectivity index is 0.000000325. The molecular weight excluding hydrogens is 459 g/mol. The largest absolute Gasteiger partial charge is 0.490 e. The van der Waals surface area contributed by atoms with Crippen molar-refractivity contribution in [2.24, 2.45) is 0 Å². The Morgan fingerprint density at radius 3 is 2.73 bits per heavy atom. The summed E-state index contributed by atoms with van der Waals surface area (Å²) in [5, 5.41) is 17.4. The van der Waals surface area contributed by atoms with Crippen molar-refractivity contribution in [3.05, 3.63) is 59.0 Å². The Kier molecular flexibility index (Phi) is 6.13. The van der Waals surface area contributed by atoms with Gasteiger partial charge in [-0.3, -0.25) is 4.68 Å². The van der Waals surface area contributed by atoms with E-state index in [0.29, 0.717) is 0 Å². The summed E-state index contributed by atoms with van der Waals surface area (Å²) in [6.45, 7) is 4.70. The molecule has 0 bridgehead atoms. The van der Waals surface area contributed by atoms with Gasteiger partial charge in [-0.15, -0.1) is 0 Å². The molecule has 5 rings (SSSR count). The van der Waals surface area contributed by atoms with Crippen LogP contribution >= 0.6 is 11.6 Å². The van der Waals surface area contributed by atoms with E-state index in [-0.39, 0.29) is 0 Å². The molecular formula is C22H19ClF3N5O2. The Morgan fingerprint density at radius 2 is 2.03 bits per heavy atom. The summed E-state index contributed by atoms with van der Waals surface area (Å²) >= 11 is 6.26. The maximum Gasteiger partial charge on any atom is 0.490 e. The van der Waals surface area contributed by atoms with Crippen molar-refractivity contribution < 1.29 is 23.1 Å². The second-order valence-electron chi connectivity index (χ2n) is 7.44. The number of halogens is 4. The van der Waals surface area contributed by atoms with Gasteiger partial charge in [0.05, 0.1) is 12.2 Å². The topological polar surface area (TPSA) is 95.8 Å². The van der Waals surface area contributed by atoms with Crippen LogP contribution in [0.2, 0.25) is 5.02 Å². The molecule has 0 spiro atoms. The van der Waals surface area contributed by atoms with Crippen LogP contribution in [0.1, 0.15) is 11.3 Å². The number of hydrogen-bond donors (Lipinski definition) is 3. The second kappa shape index (κ2) is 8.87. The summed E-state index contributed by atoms with van der Waals surface area (Å²) in [5.74, 6) is -2.76. The number of H-pyrrole nitrogens is 1. The summed E-state index contributed by atoms with van der Waals surface area (Å²) in [5.41, 5.74) is 7.62. The van der Waals surface area contributed by atoms with Crippen molar-refractivity contribution >= 4 is 28.6 Å². The standard InChI is InChI=1S/C20H18ClN5.C2HF3O2/c1-12-10-24-20-17(12)15(5-6-23-20)18-16-11-22-7-8-26(16)25-19(18)13-3-2-4-14(21)9-13;3-2(4,5)1(6)7/h2-6,9-10,22H,7-8,11H2,1H3,(H,23,24);(H,6,7). The lowest BCUT2D eigenvalue weighted by molar-refractivity contribution is -0.192. The maximum absolute atomic E-state index is 10.6. The number of alkyl halides is 3. The molecule has 7 nitrogen and oxygen atoms in total. The number of hydrogen-bond acceptors (Lipinski definition) is 4. The number of aliphatic carboxylic acids is 1. The van der Waals surface area contributed by atoms with Gasteiger partial charge in [-0.2, -0.15) is 18.3 Å². The van der Waals surface area contributed by atoms with E-state index in [1.165, 1.54) is 11.3 Å². The second-order valence-corrected chi connectivity index (χ2v) is 7.87. The fourth-order valence-electron chi connectivity index (χ4n) is 3.80. The maximum atomic E-state index is 10.6. The van der Waals surface area contributed by atoms with E-state index in [9.17, 15) is 13.2 Å². The minimum Gasteiger partial charge on any atom is -0.475 e. The normalized spacial score (nSPS) is 13.4. The zero-order chi connectivity index (χ0) is 23.8. The molecule has 172 valence electrons. The molecule has 4 heterocycles. The highest BCUT2D eigenvalue weighted by molar-refractivity contribution is 6.30. The lowest BCUT2D eigenvalue weighted by Gasteiger charge is -2.16. The summed E-state index contributed by atoms with van der Waals surface area (Å²) < 4.78 is 33.9. The third kappa shape index (κ3) is 4.57. The summed E-state index contributed by atoms with van der Waals surface area (Å²) in [4.78, 5) is 16.6. The van der Waals surface area contributed by atoms with Crippen molar-refractivity contribution in [3.8, 4) is 22.4 Å². The average molecular weight is 478 g/mol. The average Bonchev–Trinajstić information content (AvgIpc) is 3.34.